The monoisotopic (exact) mass is 364 g/mol. The summed E-state index contributed by atoms with van der Waals surface area (Å²) in [4.78, 5) is 25.5. The van der Waals surface area contributed by atoms with Crippen molar-refractivity contribution in [2.75, 3.05) is 16.8 Å². The molecule has 138 valence electrons. The minimum Gasteiger partial charge on any atom is -0.360 e. The van der Waals surface area contributed by atoms with Crippen LogP contribution in [-0.4, -0.2) is 26.4 Å². The van der Waals surface area contributed by atoms with Crippen LogP contribution in [0.2, 0.25) is 0 Å². The number of nitro groups is 1. The molecule has 8 heteroatoms. The standard InChI is InChI=1S/C19H20N6O2/c1-3-24(16-8-4-6-14(2)10-16)19-17(25(26)27)18(22-13-23-19)21-12-15-7-5-9-20-11-15/h4-11,13H,3,12H2,1-2H3,(H,21,22,23). The van der Waals surface area contributed by atoms with E-state index in [1.165, 1.54) is 6.33 Å². The molecule has 0 spiro atoms. The third-order valence-electron chi connectivity index (χ3n) is 4.05. The molecule has 27 heavy (non-hydrogen) atoms. The number of nitrogens with one attached hydrogen (secondary N) is 1. The molecule has 0 saturated heterocycles. The number of hydrogen-bond acceptors (Lipinski definition) is 7. The van der Waals surface area contributed by atoms with Gasteiger partial charge in [0, 0.05) is 31.2 Å². The maximum Gasteiger partial charge on any atom is 0.353 e. The average molecular weight is 364 g/mol. The summed E-state index contributed by atoms with van der Waals surface area (Å²) in [6, 6.07) is 11.5. The zero-order valence-corrected chi connectivity index (χ0v) is 15.2. The molecule has 0 aliphatic heterocycles. The van der Waals surface area contributed by atoms with Crippen molar-refractivity contribution in [1.29, 1.82) is 0 Å². The molecular formula is C19H20N6O2. The molecule has 0 aliphatic rings. The van der Waals surface area contributed by atoms with Crippen LogP contribution in [0.4, 0.5) is 23.0 Å². The van der Waals surface area contributed by atoms with Gasteiger partial charge in [-0.2, -0.15) is 0 Å². The molecule has 0 radical (unpaired) electrons. The molecule has 3 rings (SSSR count). The summed E-state index contributed by atoms with van der Waals surface area (Å²) in [5, 5.41) is 14.9. The van der Waals surface area contributed by atoms with Crippen LogP contribution in [0.1, 0.15) is 18.1 Å². The number of benzene rings is 1. The van der Waals surface area contributed by atoms with Crippen LogP contribution in [0.3, 0.4) is 0 Å². The number of aromatic nitrogens is 3. The predicted molar refractivity (Wildman–Crippen MR) is 104 cm³/mol. The van der Waals surface area contributed by atoms with Gasteiger partial charge in [0.05, 0.1) is 4.92 Å². The van der Waals surface area contributed by atoms with Gasteiger partial charge >= 0.3 is 5.69 Å². The van der Waals surface area contributed by atoms with Crippen molar-refractivity contribution in [1.82, 2.24) is 15.0 Å². The highest BCUT2D eigenvalue weighted by Crippen LogP contribution is 2.36. The van der Waals surface area contributed by atoms with E-state index in [9.17, 15) is 10.1 Å². The molecule has 2 heterocycles. The molecule has 1 N–H and O–H groups in total. The van der Waals surface area contributed by atoms with Crippen LogP contribution in [-0.2, 0) is 6.54 Å². The van der Waals surface area contributed by atoms with E-state index in [2.05, 4.69) is 20.3 Å². The number of rotatable bonds is 7. The molecule has 0 amide bonds. The summed E-state index contributed by atoms with van der Waals surface area (Å²) in [7, 11) is 0. The minimum absolute atomic E-state index is 0.148. The minimum atomic E-state index is -0.445. The Hall–Kier alpha value is -3.55. The predicted octanol–water partition coefficient (Wildman–Crippen LogP) is 3.86. The molecule has 0 atom stereocenters. The Morgan fingerprint density at radius 2 is 2.07 bits per heavy atom. The number of aryl methyl sites for hydroxylation is 1. The van der Waals surface area contributed by atoms with E-state index in [-0.39, 0.29) is 17.3 Å². The SMILES string of the molecule is CCN(c1cccc(C)c1)c1ncnc(NCc2cccnc2)c1[N+](=O)[O-]. The van der Waals surface area contributed by atoms with E-state index in [1.54, 1.807) is 12.4 Å². The second-order valence-corrected chi connectivity index (χ2v) is 5.95. The Morgan fingerprint density at radius 3 is 2.74 bits per heavy atom. The first-order chi connectivity index (χ1) is 13.1. The quantitative estimate of drug-likeness (QED) is 0.502. The smallest absolute Gasteiger partial charge is 0.353 e. The molecule has 2 aromatic heterocycles. The van der Waals surface area contributed by atoms with Crippen LogP contribution in [0.15, 0.2) is 55.1 Å². The van der Waals surface area contributed by atoms with E-state index >= 15 is 0 Å². The summed E-state index contributed by atoms with van der Waals surface area (Å²) in [6.07, 6.45) is 4.72. The number of nitrogens with zero attached hydrogens (tertiary/aromatic N) is 5. The lowest BCUT2D eigenvalue weighted by Crippen LogP contribution is -2.20. The summed E-state index contributed by atoms with van der Waals surface area (Å²) < 4.78 is 0. The fraction of sp³-hybridized carbons (Fsp3) is 0.211. The molecule has 0 aliphatic carbocycles. The third kappa shape index (κ3) is 4.17. The lowest BCUT2D eigenvalue weighted by molar-refractivity contribution is -0.383. The van der Waals surface area contributed by atoms with Gasteiger partial charge in [0.15, 0.2) is 0 Å². The highest BCUT2D eigenvalue weighted by Gasteiger charge is 2.27. The maximum absolute atomic E-state index is 11.8. The van der Waals surface area contributed by atoms with Gasteiger partial charge in [-0.25, -0.2) is 9.97 Å². The molecular weight excluding hydrogens is 344 g/mol. The lowest BCUT2D eigenvalue weighted by atomic mass is 10.2. The normalized spacial score (nSPS) is 10.4. The summed E-state index contributed by atoms with van der Waals surface area (Å²) in [6.45, 7) is 4.81. The maximum atomic E-state index is 11.8. The molecule has 1 aromatic carbocycles. The first-order valence-corrected chi connectivity index (χ1v) is 8.56. The Kier molecular flexibility index (Phi) is 5.55. The molecule has 3 aromatic rings. The van der Waals surface area contributed by atoms with Crippen molar-refractivity contribution in [3.8, 4) is 0 Å². The fourth-order valence-electron chi connectivity index (χ4n) is 2.80. The van der Waals surface area contributed by atoms with Crippen molar-refractivity contribution in [3.63, 3.8) is 0 Å². The highest BCUT2D eigenvalue weighted by molar-refractivity contribution is 5.75. The number of hydrogen-bond donors (Lipinski definition) is 1. The molecule has 0 unspecified atom stereocenters. The lowest BCUT2D eigenvalue weighted by Gasteiger charge is -2.22. The van der Waals surface area contributed by atoms with Crippen molar-refractivity contribution in [3.05, 3.63) is 76.4 Å². The zero-order chi connectivity index (χ0) is 19.2. The van der Waals surface area contributed by atoms with E-state index < -0.39 is 4.92 Å². The summed E-state index contributed by atoms with van der Waals surface area (Å²) in [5.41, 5.74) is 2.66. The summed E-state index contributed by atoms with van der Waals surface area (Å²) in [5.74, 6) is 0.441. The van der Waals surface area contributed by atoms with Gasteiger partial charge < -0.3 is 10.2 Å². The Morgan fingerprint density at radius 1 is 1.22 bits per heavy atom. The Balaban J connectivity index is 1.98. The number of pyridine rings is 1. The highest BCUT2D eigenvalue weighted by atomic mass is 16.6. The van der Waals surface area contributed by atoms with Crippen molar-refractivity contribution in [2.24, 2.45) is 0 Å². The van der Waals surface area contributed by atoms with E-state index in [1.807, 2.05) is 55.1 Å². The van der Waals surface area contributed by atoms with E-state index in [4.69, 9.17) is 0 Å². The van der Waals surface area contributed by atoms with Crippen molar-refractivity contribution in [2.45, 2.75) is 20.4 Å². The largest absolute Gasteiger partial charge is 0.360 e. The topological polar surface area (TPSA) is 97.1 Å². The number of anilines is 3. The van der Waals surface area contributed by atoms with E-state index in [0.29, 0.717) is 13.1 Å². The average Bonchev–Trinajstić information content (AvgIpc) is 2.68. The van der Waals surface area contributed by atoms with Gasteiger partial charge in [-0.05, 0) is 43.2 Å². The van der Waals surface area contributed by atoms with Gasteiger partial charge in [0.25, 0.3) is 0 Å². The first-order valence-electron chi connectivity index (χ1n) is 8.56. The first kappa shape index (κ1) is 18.2. The van der Waals surface area contributed by atoms with Crippen LogP contribution in [0, 0.1) is 17.0 Å². The van der Waals surface area contributed by atoms with Gasteiger partial charge in [-0.3, -0.25) is 15.1 Å². The van der Waals surface area contributed by atoms with Crippen LogP contribution >= 0.6 is 0 Å². The zero-order valence-electron chi connectivity index (χ0n) is 15.2. The van der Waals surface area contributed by atoms with Gasteiger partial charge in [0.1, 0.15) is 6.33 Å². The Bertz CT molecular complexity index is 932. The fourth-order valence-corrected chi connectivity index (χ4v) is 2.80. The van der Waals surface area contributed by atoms with Crippen molar-refractivity contribution < 1.29 is 4.92 Å². The van der Waals surface area contributed by atoms with Crippen LogP contribution in [0.25, 0.3) is 0 Å². The van der Waals surface area contributed by atoms with Crippen molar-refractivity contribution >= 4 is 23.0 Å². The van der Waals surface area contributed by atoms with Crippen LogP contribution < -0.4 is 10.2 Å². The second kappa shape index (κ2) is 8.22. The summed E-state index contributed by atoms with van der Waals surface area (Å²) >= 11 is 0. The second-order valence-electron chi connectivity index (χ2n) is 5.95. The molecule has 0 fully saturated rings. The third-order valence-corrected chi connectivity index (χ3v) is 4.05. The van der Waals surface area contributed by atoms with Crippen LogP contribution in [0.5, 0.6) is 0 Å². The molecule has 0 bridgehead atoms. The van der Waals surface area contributed by atoms with Gasteiger partial charge in [-0.15, -0.1) is 0 Å². The van der Waals surface area contributed by atoms with E-state index in [0.717, 1.165) is 16.8 Å². The molecule has 8 nitrogen and oxygen atoms in total. The van der Waals surface area contributed by atoms with Gasteiger partial charge in [0.2, 0.25) is 11.6 Å². The molecule has 0 saturated carbocycles. The Labute approximate surface area is 157 Å². The van der Waals surface area contributed by atoms with Gasteiger partial charge in [-0.1, -0.05) is 18.2 Å².